The lowest BCUT2D eigenvalue weighted by Crippen LogP contribution is -2.29. The highest BCUT2D eigenvalue weighted by Crippen LogP contribution is 2.33. The van der Waals surface area contributed by atoms with Gasteiger partial charge in [0, 0.05) is 10.8 Å². The van der Waals surface area contributed by atoms with Crippen LogP contribution >= 0.6 is 11.3 Å². The van der Waals surface area contributed by atoms with Crippen LogP contribution in [0, 0.1) is 6.92 Å². The normalized spacial score (nSPS) is 21.2. The van der Waals surface area contributed by atoms with E-state index in [0.29, 0.717) is 5.92 Å². The van der Waals surface area contributed by atoms with Gasteiger partial charge in [0.25, 0.3) is 0 Å². The molecule has 4 heteroatoms. The third-order valence-corrected chi connectivity index (χ3v) is 4.53. The molecule has 1 aromatic heterocycles. The molecule has 1 aliphatic rings. The maximum Gasteiger partial charge on any atom is 0.110 e. The van der Waals surface area contributed by atoms with Crippen LogP contribution in [0.25, 0.3) is 0 Å². The van der Waals surface area contributed by atoms with Crippen LogP contribution in [0.3, 0.4) is 0 Å². The van der Waals surface area contributed by atoms with Gasteiger partial charge in [0.15, 0.2) is 0 Å². The molecule has 1 aliphatic heterocycles. The van der Waals surface area contributed by atoms with Gasteiger partial charge in [0.2, 0.25) is 0 Å². The van der Waals surface area contributed by atoms with Crippen molar-refractivity contribution in [3.8, 4) is 0 Å². The van der Waals surface area contributed by atoms with Gasteiger partial charge in [-0.3, -0.25) is 0 Å². The predicted octanol–water partition coefficient (Wildman–Crippen LogP) is 2.28. The molecule has 90 valence electrons. The third-order valence-electron chi connectivity index (χ3n) is 3.34. The lowest BCUT2D eigenvalue weighted by Gasteiger charge is -2.28. The van der Waals surface area contributed by atoms with Crippen LogP contribution in [0.2, 0.25) is 0 Å². The first kappa shape index (κ1) is 12.0. The molecule has 0 aliphatic carbocycles. The van der Waals surface area contributed by atoms with E-state index >= 15 is 0 Å². The SMILES string of the molecule is Cc1sc(C(C)N)nc1C1CCN(C)CC1. The first-order valence-corrected chi connectivity index (χ1v) is 6.81. The molecule has 1 fully saturated rings. The highest BCUT2D eigenvalue weighted by atomic mass is 32.1. The number of rotatable bonds is 2. The van der Waals surface area contributed by atoms with Gasteiger partial charge in [-0.2, -0.15) is 0 Å². The van der Waals surface area contributed by atoms with Gasteiger partial charge >= 0.3 is 0 Å². The number of aryl methyl sites for hydroxylation is 1. The number of nitrogens with zero attached hydrogens (tertiary/aromatic N) is 2. The number of hydrogen-bond acceptors (Lipinski definition) is 4. The molecule has 0 bridgehead atoms. The Labute approximate surface area is 102 Å². The number of thiazole rings is 1. The van der Waals surface area contributed by atoms with Crippen molar-refractivity contribution in [2.45, 2.75) is 38.6 Å². The number of aromatic nitrogens is 1. The fourth-order valence-corrected chi connectivity index (χ4v) is 3.25. The van der Waals surface area contributed by atoms with Crippen molar-refractivity contribution in [1.82, 2.24) is 9.88 Å². The predicted molar refractivity (Wildman–Crippen MR) is 68.9 cm³/mol. The van der Waals surface area contributed by atoms with E-state index in [1.165, 1.54) is 36.5 Å². The van der Waals surface area contributed by atoms with Gasteiger partial charge in [-0.15, -0.1) is 11.3 Å². The summed E-state index contributed by atoms with van der Waals surface area (Å²) in [5, 5.41) is 1.09. The topological polar surface area (TPSA) is 42.1 Å². The number of piperidine rings is 1. The van der Waals surface area contributed by atoms with E-state index in [-0.39, 0.29) is 6.04 Å². The molecule has 1 unspecified atom stereocenters. The lowest BCUT2D eigenvalue weighted by atomic mass is 9.93. The summed E-state index contributed by atoms with van der Waals surface area (Å²) in [7, 11) is 2.19. The standard InChI is InChI=1S/C12H21N3S/c1-8(13)12-14-11(9(2)16-12)10-4-6-15(3)7-5-10/h8,10H,4-7,13H2,1-3H3. The van der Waals surface area contributed by atoms with Crippen molar-refractivity contribution >= 4 is 11.3 Å². The van der Waals surface area contributed by atoms with Crippen LogP contribution in [-0.2, 0) is 0 Å². The Balaban J connectivity index is 2.14. The Morgan fingerprint density at radius 1 is 1.44 bits per heavy atom. The second-order valence-electron chi connectivity index (χ2n) is 4.86. The van der Waals surface area contributed by atoms with Crippen LogP contribution in [0.5, 0.6) is 0 Å². The van der Waals surface area contributed by atoms with E-state index in [2.05, 4.69) is 18.9 Å². The molecule has 2 heterocycles. The molecule has 0 spiro atoms. The van der Waals surface area contributed by atoms with E-state index in [1.54, 1.807) is 11.3 Å². The van der Waals surface area contributed by atoms with Crippen LogP contribution in [0.1, 0.15) is 47.3 Å². The maximum atomic E-state index is 5.89. The minimum atomic E-state index is 0.0729. The van der Waals surface area contributed by atoms with E-state index < -0.39 is 0 Å². The van der Waals surface area contributed by atoms with E-state index in [4.69, 9.17) is 10.7 Å². The average molecular weight is 239 g/mol. The molecular weight excluding hydrogens is 218 g/mol. The quantitative estimate of drug-likeness (QED) is 0.861. The van der Waals surface area contributed by atoms with E-state index in [9.17, 15) is 0 Å². The fraction of sp³-hybridized carbons (Fsp3) is 0.750. The lowest BCUT2D eigenvalue weighted by molar-refractivity contribution is 0.253. The molecule has 0 aromatic carbocycles. The van der Waals surface area contributed by atoms with Crippen molar-refractivity contribution in [3.63, 3.8) is 0 Å². The summed E-state index contributed by atoms with van der Waals surface area (Å²) in [5.41, 5.74) is 7.20. The summed E-state index contributed by atoms with van der Waals surface area (Å²) in [6.07, 6.45) is 2.47. The second kappa shape index (κ2) is 4.82. The monoisotopic (exact) mass is 239 g/mol. The summed E-state index contributed by atoms with van der Waals surface area (Å²) < 4.78 is 0. The Kier molecular flexibility index (Phi) is 3.62. The largest absolute Gasteiger partial charge is 0.322 e. The smallest absolute Gasteiger partial charge is 0.110 e. The molecule has 16 heavy (non-hydrogen) atoms. The molecule has 2 N–H and O–H groups in total. The summed E-state index contributed by atoms with van der Waals surface area (Å²) in [6.45, 7) is 6.57. The first-order valence-electron chi connectivity index (χ1n) is 5.99. The van der Waals surface area contributed by atoms with E-state index in [0.717, 1.165) is 5.01 Å². The molecule has 0 radical (unpaired) electrons. The Hall–Kier alpha value is -0.450. The van der Waals surface area contributed by atoms with Crippen LogP contribution in [0.4, 0.5) is 0 Å². The van der Waals surface area contributed by atoms with Crippen LogP contribution in [-0.4, -0.2) is 30.0 Å². The minimum Gasteiger partial charge on any atom is -0.322 e. The molecule has 0 amide bonds. The van der Waals surface area contributed by atoms with Gasteiger partial charge in [-0.1, -0.05) is 0 Å². The van der Waals surface area contributed by atoms with Crippen LogP contribution in [0.15, 0.2) is 0 Å². The number of likely N-dealkylation sites (tertiary alicyclic amines) is 1. The zero-order valence-corrected chi connectivity index (χ0v) is 11.2. The van der Waals surface area contributed by atoms with Crippen molar-refractivity contribution in [3.05, 3.63) is 15.6 Å². The average Bonchev–Trinajstić information content (AvgIpc) is 2.62. The Morgan fingerprint density at radius 3 is 2.56 bits per heavy atom. The van der Waals surface area contributed by atoms with Crippen molar-refractivity contribution in [2.75, 3.05) is 20.1 Å². The molecule has 1 aromatic rings. The summed E-state index contributed by atoms with van der Waals surface area (Å²) in [5.74, 6) is 0.653. The Bertz CT molecular complexity index is 351. The number of hydrogen-bond donors (Lipinski definition) is 1. The number of nitrogens with two attached hydrogens (primary N) is 1. The zero-order chi connectivity index (χ0) is 11.7. The molecular formula is C12H21N3S. The molecule has 3 nitrogen and oxygen atoms in total. The highest BCUT2D eigenvalue weighted by molar-refractivity contribution is 7.11. The maximum absolute atomic E-state index is 5.89. The summed E-state index contributed by atoms with van der Waals surface area (Å²) in [4.78, 5) is 8.49. The van der Waals surface area contributed by atoms with Crippen molar-refractivity contribution < 1.29 is 0 Å². The minimum absolute atomic E-state index is 0.0729. The molecule has 1 saturated heterocycles. The Morgan fingerprint density at radius 2 is 2.06 bits per heavy atom. The molecule has 2 rings (SSSR count). The second-order valence-corrected chi connectivity index (χ2v) is 6.09. The van der Waals surface area contributed by atoms with Gasteiger partial charge in [-0.05, 0) is 46.8 Å². The fourth-order valence-electron chi connectivity index (χ4n) is 2.28. The summed E-state index contributed by atoms with van der Waals surface area (Å²) in [6, 6.07) is 0.0729. The summed E-state index contributed by atoms with van der Waals surface area (Å²) >= 11 is 1.77. The molecule has 0 saturated carbocycles. The van der Waals surface area contributed by atoms with Gasteiger partial charge < -0.3 is 10.6 Å². The van der Waals surface area contributed by atoms with Gasteiger partial charge in [0.05, 0.1) is 11.7 Å². The van der Waals surface area contributed by atoms with E-state index in [1.807, 2.05) is 6.92 Å². The highest BCUT2D eigenvalue weighted by Gasteiger charge is 2.23. The first-order chi connectivity index (χ1) is 7.58. The van der Waals surface area contributed by atoms with Crippen molar-refractivity contribution in [2.24, 2.45) is 5.73 Å². The zero-order valence-electron chi connectivity index (χ0n) is 10.4. The van der Waals surface area contributed by atoms with Crippen molar-refractivity contribution in [1.29, 1.82) is 0 Å². The van der Waals surface area contributed by atoms with Crippen LogP contribution < -0.4 is 5.73 Å². The van der Waals surface area contributed by atoms with Gasteiger partial charge in [0.1, 0.15) is 5.01 Å². The van der Waals surface area contributed by atoms with Gasteiger partial charge in [-0.25, -0.2) is 4.98 Å². The third kappa shape index (κ3) is 2.44. The molecule has 1 atom stereocenters.